The van der Waals surface area contributed by atoms with Crippen LogP contribution in [-0.4, -0.2) is 38.8 Å². The van der Waals surface area contributed by atoms with Crippen molar-refractivity contribution in [2.24, 2.45) is 0 Å². The first-order chi connectivity index (χ1) is 15.3. The van der Waals surface area contributed by atoms with Crippen LogP contribution in [-0.2, 0) is 14.8 Å². The number of methoxy groups -OCH3 is 1. The fraction of sp³-hybridized carbons (Fsp3) is 0.208. The minimum Gasteiger partial charge on any atom is -0.495 e. The van der Waals surface area contributed by atoms with Gasteiger partial charge in [-0.1, -0.05) is 55.1 Å². The Labute approximate surface area is 193 Å². The molecule has 0 aliphatic heterocycles. The Bertz CT molecular complexity index is 1180. The molecule has 3 rings (SSSR count). The third kappa shape index (κ3) is 5.70. The van der Waals surface area contributed by atoms with Gasteiger partial charge in [0.05, 0.1) is 19.3 Å². The zero-order valence-electron chi connectivity index (χ0n) is 18.2. The maximum atomic E-state index is 13.3. The third-order valence-electron chi connectivity index (χ3n) is 4.74. The predicted molar refractivity (Wildman–Crippen MR) is 128 cm³/mol. The molecule has 0 heterocycles. The molecular formula is C24H26N2O4S2. The molecule has 1 N–H and O–H groups in total. The summed E-state index contributed by atoms with van der Waals surface area (Å²) in [7, 11) is -2.50. The second kappa shape index (κ2) is 10.7. The van der Waals surface area contributed by atoms with Crippen molar-refractivity contribution in [3.05, 3.63) is 78.4 Å². The van der Waals surface area contributed by atoms with Crippen molar-refractivity contribution in [2.75, 3.05) is 25.5 Å². The highest BCUT2D eigenvalue weighted by Gasteiger charge is 2.28. The van der Waals surface area contributed by atoms with E-state index in [0.717, 1.165) is 19.7 Å². The van der Waals surface area contributed by atoms with Gasteiger partial charge in [0.1, 0.15) is 10.6 Å². The van der Waals surface area contributed by atoms with Crippen LogP contribution in [0.15, 0.2) is 87.5 Å². The summed E-state index contributed by atoms with van der Waals surface area (Å²) in [4.78, 5) is 14.8. The van der Waals surface area contributed by atoms with Crippen LogP contribution in [0.5, 0.6) is 5.75 Å². The first kappa shape index (κ1) is 23.8. The number of carbonyl (C=O) groups is 1. The van der Waals surface area contributed by atoms with Crippen LogP contribution in [0, 0.1) is 6.92 Å². The molecule has 0 aliphatic rings. The van der Waals surface area contributed by atoms with Gasteiger partial charge in [0.15, 0.2) is 0 Å². The van der Waals surface area contributed by atoms with E-state index in [0.29, 0.717) is 5.69 Å². The Morgan fingerprint density at radius 2 is 1.72 bits per heavy atom. The van der Waals surface area contributed by atoms with Crippen molar-refractivity contribution >= 4 is 33.4 Å². The first-order valence-corrected chi connectivity index (χ1v) is 12.4. The number of ether oxygens (including phenoxy) is 1. The summed E-state index contributed by atoms with van der Waals surface area (Å²) in [5.41, 5.74) is 1.42. The molecule has 6 nitrogen and oxygen atoms in total. The Hall–Kier alpha value is -2.81. The zero-order chi connectivity index (χ0) is 23.1. The second-order valence-corrected chi connectivity index (χ2v) is 10.1. The molecule has 0 bridgehead atoms. The first-order valence-electron chi connectivity index (χ1n) is 10.1. The molecule has 8 heteroatoms. The van der Waals surface area contributed by atoms with Gasteiger partial charge >= 0.3 is 0 Å². The Kier molecular flexibility index (Phi) is 7.95. The lowest BCUT2D eigenvalue weighted by Crippen LogP contribution is -2.38. The fourth-order valence-electron chi connectivity index (χ4n) is 3.12. The summed E-state index contributed by atoms with van der Waals surface area (Å²) < 4.78 is 32.9. The summed E-state index contributed by atoms with van der Waals surface area (Å²) in [5.74, 6) is -0.165. The van der Waals surface area contributed by atoms with E-state index < -0.39 is 15.9 Å². The highest BCUT2D eigenvalue weighted by molar-refractivity contribution is 7.99. The third-order valence-corrected chi connectivity index (χ3v) is 7.77. The van der Waals surface area contributed by atoms with Gasteiger partial charge in [-0.15, -0.1) is 0 Å². The Balaban J connectivity index is 1.79. The number of para-hydroxylation sites is 1. The number of nitrogens with one attached hydrogen (secondary N) is 1. The van der Waals surface area contributed by atoms with Gasteiger partial charge in [-0.25, -0.2) is 8.42 Å². The Morgan fingerprint density at radius 3 is 2.41 bits per heavy atom. The van der Waals surface area contributed by atoms with Crippen molar-refractivity contribution in [2.45, 2.75) is 28.5 Å². The minimum absolute atomic E-state index is 0.0506. The number of nitrogens with zero attached hydrogens (tertiary/aromatic N) is 1. The summed E-state index contributed by atoms with van der Waals surface area (Å²) in [6, 6.07) is 22.2. The van der Waals surface area contributed by atoms with E-state index in [4.69, 9.17) is 4.74 Å². The number of hydrogen-bond acceptors (Lipinski definition) is 5. The number of sulfonamides is 1. The molecule has 1 amide bonds. The van der Waals surface area contributed by atoms with Crippen LogP contribution in [0.25, 0.3) is 0 Å². The number of aryl methyl sites for hydroxylation is 1. The maximum Gasteiger partial charge on any atom is 0.247 e. The van der Waals surface area contributed by atoms with Crippen LogP contribution >= 0.6 is 11.8 Å². The number of benzene rings is 3. The Morgan fingerprint density at radius 1 is 1.03 bits per heavy atom. The quantitative estimate of drug-likeness (QED) is 0.486. The molecule has 0 aromatic heterocycles. The molecule has 3 aromatic carbocycles. The molecule has 0 atom stereocenters. The van der Waals surface area contributed by atoms with E-state index in [9.17, 15) is 13.2 Å². The smallest absolute Gasteiger partial charge is 0.247 e. The lowest BCUT2D eigenvalue weighted by atomic mass is 10.2. The normalized spacial score (nSPS) is 11.4. The average molecular weight is 471 g/mol. The van der Waals surface area contributed by atoms with Gasteiger partial charge in [-0.3, -0.25) is 4.79 Å². The van der Waals surface area contributed by atoms with E-state index in [1.54, 1.807) is 31.2 Å². The average Bonchev–Trinajstić information content (AvgIpc) is 2.79. The molecule has 0 saturated heterocycles. The largest absolute Gasteiger partial charge is 0.495 e. The van der Waals surface area contributed by atoms with E-state index in [2.05, 4.69) is 5.32 Å². The number of anilines is 1. The number of amides is 1. The van der Waals surface area contributed by atoms with E-state index in [-0.39, 0.29) is 23.7 Å². The molecule has 0 radical (unpaired) electrons. The summed E-state index contributed by atoms with van der Waals surface area (Å²) in [5, 5.41) is 2.86. The van der Waals surface area contributed by atoms with Gasteiger partial charge in [-0.05, 0) is 48.9 Å². The molecule has 0 aliphatic carbocycles. The van der Waals surface area contributed by atoms with E-state index >= 15 is 0 Å². The van der Waals surface area contributed by atoms with Gasteiger partial charge < -0.3 is 10.1 Å². The lowest BCUT2D eigenvalue weighted by molar-refractivity contribution is -0.116. The molecule has 0 unspecified atom stereocenters. The lowest BCUT2D eigenvalue weighted by Gasteiger charge is -2.22. The summed E-state index contributed by atoms with van der Waals surface area (Å²) in [6.07, 6.45) is 0. The van der Waals surface area contributed by atoms with Crippen LogP contribution in [0.2, 0.25) is 0 Å². The molecule has 3 aromatic rings. The van der Waals surface area contributed by atoms with Gasteiger partial charge in [0, 0.05) is 16.3 Å². The van der Waals surface area contributed by atoms with Crippen LogP contribution in [0.3, 0.4) is 0 Å². The molecule has 168 valence electrons. The number of carbonyl (C=O) groups excluding carboxylic acids is 1. The van der Waals surface area contributed by atoms with Crippen molar-refractivity contribution in [3.63, 3.8) is 0 Å². The molecule has 0 fully saturated rings. The van der Waals surface area contributed by atoms with Crippen LogP contribution < -0.4 is 10.1 Å². The maximum absolute atomic E-state index is 13.3. The highest BCUT2D eigenvalue weighted by Crippen LogP contribution is 2.33. The van der Waals surface area contributed by atoms with Crippen molar-refractivity contribution in [1.82, 2.24) is 4.31 Å². The predicted octanol–water partition coefficient (Wildman–Crippen LogP) is 4.80. The highest BCUT2D eigenvalue weighted by atomic mass is 32.2. The monoisotopic (exact) mass is 470 g/mol. The van der Waals surface area contributed by atoms with Gasteiger partial charge in [-0.2, -0.15) is 4.31 Å². The molecule has 0 spiro atoms. The van der Waals surface area contributed by atoms with Crippen molar-refractivity contribution < 1.29 is 17.9 Å². The van der Waals surface area contributed by atoms with Crippen LogP contribution in [0.4, 0.5) is 5.69 Å². The number of rotatable bonds is 9. The number of likely N-dealkylation sites (N-methyl/N-ethyl adjacent to an activating group) is 1. The summed E-state index contributed by atoms with van der Waals surface area (Å²) in [6.45, 7) is 3.35. The molecule has 32 heavy (non-hydrogen) atoms. The van der Waals surface area contributed by atoms with Crippen molar-refractivity contribution in [1.29, 1.82) is 0 Å². The summed E-state index contributed by atoms with van der Waals surface area (Å²) >= 11 is 1.53. The minimum atomic E-state index is -3.92. The topological polar surface area (TPSA) is 75.7 Å². The van der Waals surface area contributed by atoms with Crippen molar-refractivity contribution in [3.8, 4) is 5.75 Å². The van der Waals surface area contributed by atoms with Gasteiger partial charge in [0.25, 0.3) is 0 Å². The zero-order valence-corrected chi connectivity index (χ0v) is 19.9. The SMILES string of the molecule is CCN(CC(=O)Nc1ccccc1Sc1ccccc1)S(=O)(=O)c1cc(C)ccc1OC. The van der Waals surface area contributed by atoms with Gasteiger partial charge in [0.2, 0.25) is 15.9 Å². The molecular weight excluding hydrogens is 444 g/mol. The standard InChI is InChI=1S/C24H26N2O4S2/c1-4-26(32(28,29)23-16-18(2)14-15-21(23)30-3)17-24(27)25-20-12-8-9-13-22(20)31-19-10-6-5-7-11-19/h5-16H,4,17H2,1-3H3,(H,25,27). The van der Waals surface area contributed by atoms with E-state index in [1.165, 1.54) is 18.9 Å². The molecule has 0 saturated carbocycles. The van der Waals surface area contributed by atoms with E-state index in [1.807, 2.05) is 55.5 Å². The fourth-order valence-corrected chi connectivity index (χ4v) is 5.68. The van der Waals surface area contributed by atoms with Crippen LogP contribution in [0.1, 0.15) is 12.5 Å². The second-order valence-electron chi connectivity index (χ2n) is 7.04. The number of hydrogen-bond donors (Lipinski definition) is 1.